The van der Waals surface area contributed by atoms with Crippen LogP contribution >= 0.6 is 0 Å². The van der Waals surface area contributed by atoms with Crippen molar-refractivity contribution >= 4 is 27.5 Å². The molecule has 2 aromatic carbocycles. The number of fused-ring (bicyclic) bond motifs is 1. The highest BCUT2D eigenvalue weighted by Gasteiger charge is 2.29. The fourth-order valence-corrected chi connectivity index (χ4v) is 5.32. The molecule has 0 unspecified atom stereocenters. The lowest BCUT2D eigenvalue weighted by molar-refractivity contribution is -0.140. The maximum atomic E-state index is 13.5. The number of nitrogens with one attached hydrogen (secondary N) is 1. The first-order chi connectivity index (χ1) is 18.1. The molecule has 1 heterocycles. The number of hydrogen-bond acceptors (Lipinski definition) is 6. The molecule has 2 amide bonds. The maximum Gasteiger partial charge on any atom is 0.242 e. The number of rotatable bonds is 14. The first-order valence-corrected chi connectivity index (χ1v) is 14.9. The van der Waals surface area contributed by atoms with Gasteiger partial charge in [-0.15, -0.1) is 0 Å². The molecule has 0 radical (unpaired) electrons. The van der Waals surface area contributed by atoms with Crippen molar-refractivity contribution in [1.29, 1.82) is 0 Å². The highest BCUT2D eigenvalue weighted by Crippen LogP contribution is 2.36. The van der Waals surface area contributed by atoms with E-state index in [-0.39, 0.29) is 31.6 Å². The lowest BCUT2D eigenvalue weighted by atomic mass is 10.1. The quantitative estimate of drug-likeness (QED) is 0.389. The predicted molar refractivity (Wildman–Crippen MR) is 148 cm³/mol. The number of amides is 2. The minimum atomic E-state index is -3.60. The number of nitrogens with zero attached hydrogens (tertiary/aromatic N) is 2. The van der Waals surface area contributed by atoms with Gasteiger partial charge in [0.15, 0.2) is 11.5 Å². The van der Waals surface area contributed by atoms with Crippen LogP contribution in [0.1, 0.15) is 45.6 Å². The zero-order chi connectivity index (χ0) is 27.7. The normalized spacial score (nSPS) is 13.3. The van der Waals surface area contributed by atoms with Gasteiger partial charge in [0.25, 0.3) is 0 Å². The van der Waals surface area contributed by atoms with Gasteiger partial charge >= 0.3 is 0 Å². The Bertz CT molecular complexity index is 1190. The summed E-state index contributed by atoms with van der Waals surface area (Å²) in [4.78, 5) is 28.1. The van der Waals surface area contributed by atoms with E-state index >= 15 is 0 Å². The summed E-state index contributed by atoms with van der Waals surface area (Å²) in [6, 6.07) is 14.2. The molecule has 0 saturated heterocycles. The Balaban J connectivity index is 1.71. The van der Waals surface area contributed by atoms with Crippen molar-refractivity contribution in [3.05, 3.63) is 54.1 Å². The molecule has 0 spiro atoms. The number of carbonyl (C=O) groups is 2. The molecule has 0 fully saturated rings. The summed E-state index contributed by atoms with van der Waals surface area (Å²) in [5.74, 6) is 1.00. The monoisotopic (exact) mass is 545 g/mol. The number of hydrogen-bond donors (Lipinski definition) is 1. The van der Waals surface area contributed by atoms with E-state index in [4.69, 9.17) is 9.47 Å². The highest BCUT2D eigenvalue weighted by molar-refractivity contribution is 7.92. The maximum absolute atomic E-state index is 13.5. The van der Waals surface area contributed by atoms with Gasteiger partial charge in [-0.1, -0.05) is 51.1 Å². The predicted octanol–water partition coefficient (Wildman–Crippen LogP) is 3.58. The van der Waals surface area contributed by atoms with E-state index in [0.717, 1.165) is 11.8 Å². The van der Waals surface area contributed by atoms with Crippen LogP contribution in [0.15, 0.2) is 48.5 Å². The van der Waals surface area contributed by atoms with Crippen molar-refractivity contribution in [3.63, 3.8) is 0 Å². The largest absolute Gasteiger partial charge is 0.454 e. The molecule has 2 aromatic rings. The lowest BCUT2D eigenvalue weighted by Crippen LogP contribution is -2.50. The van der Waals surface area contributed by atoms with Gasteiger partial charge in [0.05, 0.1) is 11.9 Å². The van der Waals surface area contributed by atoms with Crippen LogP contribution in [0, 0.1) is 5.92 Å². The Labute approximate surface area is 226 Å². The van der Waals surface area contributed by atoms with Gasteiger partial charge in [0, 0.05) is 32.1 Å². The minimum absolute atomic E-state index is 0.0916. The van der Waals surface area contributed by atoms with E-state index in [0.29, 0.717) is 55.5 Å². The molecule has 38 heavy (non-hydrogen) atoms. The zero-order valence-corrected chi connectivity index (χ0v) is 23.5. The van der Waals surface area contributed by atoms with Gasteiger partial charge in [-0.3, -0.25) is 13.9 Å². The van der Waals surface area contributed by atoms with Crippen LogP contribution in [0.3, 0.4) is 0 Å². The molecule has 0 aromatic heterocycles. The summed E-state index contributed by atoms with van der Waals surface area (Å²) in [5.41, 5.74) is 1.53. The van der Waals surface area contributed by atoms with E-state index < -0.39 is 16.1 Å². The third-order valence-electron chi connectivity index (χ3n) is 6.35. The summed E-state index contributed by atoms with van der Waals surface area (Å²) >= 11 is 0. The Hall–Kier alpha value is -3.27. The van der Waals surface area contributed by atoms with Crippen molar-refractivity contribution in [3.8, 4) is 11.5 Å². The first kappa shape index (κ1) is 29.3. The van der Waals surface area contributed by atoms with E-state index in [1.54, 1.807) is 23.1 Å². The Morgan fingerprint density at radius 2 is 1.74 bits per heavy atom. The summed E-state index contributed by atoms with van der Waals surface area (Å²) in [6.45, 7) is 7.08. The van der Waals surface area contributed by atoms with Gasteiger partial charge in [-0.05, 0) is 42.9 Å². The van der Waals surface area contributed by atoms with Gasteiger partial charge in [0.1, 0.15) is 6.04 Å². The SMILES string of the molecule is CC[C@@H](C(=O)NCC(C)C)N(CCc1ccccc1)C(=O)CCCN(c1ccc2c(c1)OCO2)S(C)(=O)=O. The van der Waals surface area contributed by atoms with Crippen LogP contribution in [-0.4, -0.2) is 63.9 Å². The van der Waals surface area contributed by atoms with Gasteiger partial charge in [-0.25, -0.2) is 8.42 Å². The summed E-state index contributed by atoms with van der Waals surface area (Å²) in [6.07, 6.45) is 2.65. The third-order valence-corrected chi connectivity index (χ3v) is 7.55. The first-order valence-electron chi connectivity index (χ1n) is 13.1. The Kier molecular flexibility index (Phi) is 10.4. The van der Waals surface area contributed by atoms with Crippen LogP contribution in [-0.2, 0) is 26.0 Å². The van der Waals surface area contributed by atoms with Gasteiger partial charge < -0.3 is 19.7 Å². The van der Waals surface area contributed by atoms with E-state index in [2.05, 4.69) is 5.32 Å². The second-order valence-corrected chi connectivity index (χ2v) is 11.8. The average molecular weight is 546 g/mol. The van der Waals surface area contributed by atoms with Gasteiger partial charge in [-0.2, -0.15) is 0 Å². The minimum Gasteiger partial charge on any atom is -0.454 e. The van der Waals surface area contributed by atoms with Crippen LogP contribution in [0.2, 0.25) is 0 Å². The highest BCUT2D eigenvalue weighted by atomic mass is 32.2. The van der Waals surface area contributed by atoms with E-state index in [9.17, 15) is 18.0 Å². The smallest absolute Gasteiger partial charge is 0.242 e. The van der Waals surface area contributed by atoms with Crippen LogP contribution < -0.4 is 19.1 Å². The van der Waals surface area contributed by atoms with Crippen molar-refractivity contribution < 1.29 is 27.5 Å². The molecule has 0 aliphatic carbocycles. The van der Waals surface area contributed by atoms with Crippen molar-refractivity contribution in [2.24, 2.45) is 5.92 Å². The van der Waals surface area contributed by atoms with Crippen LogP contribution in [0.5, 0.6) is 11.5 Å². The van der Waals surface area contributed by atoms with Gasteiger partial charge in [0.2, 0.25) is 28.6 Å². The fourth-order valence-electron chi connectivity index (χ4n) is 4.36. The third kappa shape index (κ3) is 8.11. The average Bonchev–Trinajstić information content (AvgIpc) is 3.35. The summed E-state index contributed by atoms with van der Waals surface area (Å²) < 4.78 is 37.1. The summed E-state index contributed by atoms with van der Waals surface area (Å²) in [7, 11) is -3.60. The molecule has 3 rings (SSSR count). The molecular weight excluding hydrogens is 506 g/mol. The molecule has 9 nitrogen and oxygen atoms in total. The molecule has 1 aliphatic heterocycles. The summed E-state index contributed by atoms with van der Waals surface area (Å²) in [5, 5.41) is 2.96. The second kappa shape index (κ2) is 13.5. The van der Waals surface area contributed by atoms with E-state index in [1.807, 2.05) is 51.1 Å². The number of ether oxygens (including phenoxy) is 2. The van der Waals surface area contributed by atoms with Crippen LogP contribution in [0.25, 0.3) is 0 Å². The standard InChI is InChI=1S/C28H39N3O6S/c1-5-24(28(33)29-19-21(2)3)30(17-15-22-10-7-6-8-11-22)27(32)12-9-16-31(38(4,34)35)23-13-14-25-26(18-23)37-20-36-25/h6-8,10-11,13-14,18,21,24H,5,9,12,15-17,19-20H2,1-4H3,(H,29,33)/t24-/m0/s1. The molecule has 0 saturated carbocycles. The van der Waals surface area contributed by atoms with E-state index in [1.165, 1.54) is 4.31 Å². The molecule has 208 valence electrons. The Morgan fingerprint density at radius 3 is 2.39 bits per heavy atom. The molecule has 1 atom stereocenters. The molecule has 1 aliphatic rings. The van der Waals surface area contributed by atoms with Crippen molar-refractivity contribution in [2.45, 2.75) is 52.5 Å². The number of anilines is 1. The second-order valence-electron chi connectivity index (χ2n) is 9.86. The lowest BCUT2D eigenvalue weighted by Gasteiger charge is -2.31. The number of carbonyl (C=O) groups excluding carboxylic acids is 2. The van der Waals surface area contributed by atoms with Crippen molar-refractivity contribution in [1.82, 2.24) is 10.2 Å². The number of sulfonamides is 1. The fraction of sp³-hybridized carbons (Fsp3) is 0.500. The molecule has 10 heteroatoms. The van der Waals surface area contributed by atoms with Crippen LogP contribution in [0.4, 0.5) is 5.69 Å². The molecule has 1 N–H and O–H groups in total. The zero-order valence-electron chi connectivity index (χ0n) is 22.7. The van der Waals surface area contributed by atoms with Crippen molar-refractivity contribution in [2.75, 3.05) is 37.0 Å². The number of benzene rings is 2. The molecule has 0 bridgehead atoms. The topological polar surface area (TPSA) is 105 Å². The Morgan fingerprint density at radius 1 is 1.03 bits per heavy atom. The molecular formula is C28H39N3O6S.